The maximum absolute atomic E-state index is 13.8. The van der Waals surface area contributed by atoms with Gasteiger partial charge in [-0.15, -0.1) is 0 Å². The van der Waals surface area contributed by atoms with Gasteiger partial charge in [-0.1, -0.05) is 56.5 Å². The number of amides is 1. The lowest BCUT2D eigenvalue weighted by Gasteiger charge is -2.52. The Labute approximate surface area is 210 Å². The van der Waals surface area contributed by atoms with Gasteiger partial charge < -0.3 is 10.0 Å². The number of hydrogen-bond donors (Lipinski definition) is 1. The molecule has 1 aliphatic heterocycles. The molecule has 190 valence electrons. The monoisotopic (exact) mass is 503 g/mol. The minimum atomic E-state index is -1.12. The Balaban J connectivity index is 1.34. The molecule has 2 saturated carbocycles. The summed E-state index contributed by atoms with van der Waals surface area (Å²) in [5.74, 6) is 0.252. The van der Waals surface area contributed by atoms with E-state index in [0.29, 0.717) is 31.8 Å². The van der Waals surface area contributed by atoms with Crippen LogP contribution in [0.3, 0.4) is 0 Å². The molecule has 1 aromatic carbocycles. The second-order valence-corrected chi connectivity index (χ2v) is 11.5. The molecule has 0 radical (unpaired) electrons. The highest BCUT2D eigenvalue weighted by molar-refractivity contribution is 6.31. The highest BCUT2D eigenvalue weighted by Crippen LogP contribution is 2.51. The van der Waals surface area contributed by atoms with Crippen LogP contribution in [-0.2, 0) is 11.3 Å². The Morgan fingerprint density at radius 3 is 2.63 bits per heavy atom. The molecule has 2 aromatic rings. The minimum Gasteiger partial charge on any atom is -0.387 e. The summed E-state index contributed by atoms with van der Waals surface area (Å²) in [6.45, 7) is 1.14. The quantitative estimate of drug-likeness (QED) is 0.617. The predicted molar refractivity (Wildman–Crippen MR) is 134 cm³/mol. The number of halogens is 2. The van der Waals surface area contributed by atoms with E-state index in [-0.39, 0.29) is 33.9 Å². The van der Waals surface area contributed by atoms with Crippen LogP contribution in [0.2, 0.25) is 5.02 Å². The van der Waals surface area contributed by atoms with Gasteiger partial charge in [0.25, 0.3) is 5.56 Å². The average Bonchev–Trinajstić information content (AvgIpc) is 3.33. The summed E-state index contributed by atoms with van der Waals surface area (Å²) in [7, 11) is 0. The van der Waals surface area contributed by atoms with E-state index < -0.39 is 16.8 Å². The third-order valence-electron chi connectivity index (χ3n) is 8.98. The van der Waals surface area contributed by atoms with Crippen LogP contribution in [0, 0.1) is 17.2 Å². The van der Waals surface area contributed by atoms with Crippen LogP contribution in [0.25, 0.3) is 10.9 Å². The molecule has 5 rings (SSSR count). The third-order valence-corrected chi connectivity index (χ3v) is 9.27. The number of benzene rings is 1. The minimum absolute atomic E-state index is 0.105. The second kappa shape index (κ2) is 9.81. The number of nitrogens with zero attached hydrogens (tertiary/aromatic N) is 3. The molecule has 1 spiro atoms. The lowest BCUT2D eigenvalue weighted by molar-refractivity contribution is -0.160. The number of likely N-dealkylation sites (tertiary alicyclic amines) is 1. The molecule has 1 atom stereocenters. The Morgan fingerprint density at radius 2 is 1.89 bits per heavy atom. The van der Waals surface area contributed by atoms with E-state index >= 15 is 0 Å². The summed E-state index contributed by atoms with van der Waals surface area (Å²) in [6, 6.07) is 2.47. The summed E-state index contributed by atoms with van der Waals surface area (Å²) >= 11 is 5.91. The fraction of sp³-hybridized carbons (Fsp3) is 0.667. The van der Waals surface area contributed by atoms with Crippen molar-refractivity contribution in [3.63, 3.8) is 0 Å². The fourth-order valence-corrected chi connectivity index (χ4v) is 6.98. The van der Waals surface area contributed by atoms with Gasteiger partial charge >= 0.3 is 0 Å². The zero-order chi connectivity index (χ0) is 24.6. The Kier molecular flexibility index (Phi) is 6.92. The van der Waals surface area contributed by atoms with Crippen LogP contribution in [0.5, 0.6) is 0 Å². The number of carbonyl (C=O) groups is 1. The number of hydrogen-bond acceptors (Lipinski definition) is 4. The lowest BCUT2D eigenvalue weighted by atomic mass is 9.65. The van der Waals surface area contributed by atoms with Crippen LogP contribution in [0.15, 0.2) is 23.3 Å². The summed E-state index contributed by atoms with van der Waals surface area (Å²) in [4.78, 5) is 32.6. The molecule has 2 heterocycles. The zero-order valence-corrected chi connectivity index (χ0v) is 21.0. The van der Waals surface area contributed by atoms with Gasteiger partial charge in [0.1, 0.15) is 5.82 Å². The van der Waals surface area contributed by atoms with Crippen molar-refractivity contribution in [2.24, 2.45) is 11.3 Å². The first-order valence-electron chi connectivity index (χ1n) is 13.1. The van der Waals surface area contributed by atoms with E-state index in [0.717, 1.165) is 38.2 Å². The normalized spacial score (nSPS) is 24.9. The van der Waals surface area contributed by atoms with E-state index in [4.69, 9.17) is 11.6 Å². The zero-order valence-electron chi connectivity index (χ0n) is 20.3. The highest BCUT2D eigenvalue weighted by Gasteiger charge is 2.55. The first-order valence-corrected chi connectivity index (χ1v) is 13.5. The highest BCUT2D eigenvalue weighted by atomic mass is 35.5. The van der Waals surface area contributed by atoms with Gasteiger partial charge in [-0.05, 0) is 37.7 Å². The first kappa shape index (κ1) is 24.7. The van der Waals surface area contributed by atoms with E-state index in [9.17, 15) is 19.1 Å². The van der Waals surface area contributed by atoms with Crippen molar-refractivity contribution >= 4 is 28.4 Å². The van der Waals surface area contributed by atoms with Gasteiger partial charge in [-0.3, -0.25) is 14.2 Å². The van der Waals surface area contributed by atoms with Crippen molar-refractivity contribution in [2.45, 2.75) is 89.2 Å². The maximum Gasteiger partial charge on any atom is 0.261 e. The number of aliphatic hydroxyl groups is 1. The van der Waals surface area contributed by atoms with E-state index in [1.54, 1.807) is 0 Å². The Hall–Kier alpha value is -1.99. The van der Waals surface area contributed by atoms with Gasteiger partial charge in [0.05, 0.1) is 34.4 Å². The number of aromatic nitrogens is 2. The van der Waals surface area contributed by atoms with Crippen molar-refractivity contribution in [3.05, 3.63) is 39.7 Å². The molecule has 6 nitrogen and oxygen atoms in total. The first-order chi connectivity index (χ1) is 16.8. The van der Waals surface area contributed by atoms with Crippen molar-refractivity contribution < 1.29 is 14.3 Å². The van der Waals surface area contributed by atoms with E-state index in [1.165, 1.54) is 49.1 Å². The molecule has 1 saturated heterocycles. The van der Waals surface area contributed by atoms with Gasteiger partial charge in [0.15, 0.2) is 0 Å². The van der Waals surface area contributed by atoms with Crippen molar-refractivity contribution in [3.8, 4) is 0 Å². The van der Waals surface area contributed by atoms with Crippen molar-refractivity contribution in [1.82, 2.24) is 14.5 Å². The van der Waals surface area contributed by atoms with E-state index in [2.05, 4.69) is 4.98 Å². The molecule has 2 aliphatic carbocycles. The van der Waals surface area contributed by atoms with Gasteiger partial charge in [-0.25, -0.2) is 9.37 Å². The fourth-order valence-electron chi connectivity index (χ4n) is 6.82. The molecular formula is C27H35ClFN3O3. The average molecular weight is 504 g/mol. The smallest absolute Gasteiger partial charge is 0.261 e. The van der Waals surface area contributed by atoms with E-state index in [1.807, 2.05) is 4.90 Å². The number of piperidine rings is 1. The standard InChI is InChI=1S/C27H35ClFN3O3/c28-21-14-20-23(15-22(21)29)30-18-32(25(20)34)17-27(35)12-13-31(16-26(27)10-4-5-11-26)24(33)9-8-19-6-2-1-3-7-19/h14-15,18-19,35H,1-13,16-17H2. The molecule has 35 heavy (non-hydrogen) atoms. The summed E-state index contributed by atoms with van der Waals surface area (Å²) in [5.41, 5.74) is -1.65. The van der Waals surface area contributed by atoms with Crippen molar-refractivity contribution in [2.75, 3.05) is 13.1 Å². The third kappa shape index (κ3) is 4.74. The molecule has 8 heteroatoms. The predicted octanol–water partition coefficient (Wildman–Crippen LogP) is 5.07. The van der Waals surface area contributed by atoms with Gasteiger partial charge in [-0.2, -0.15) is 0 Å². The largest absolute Gasteiger partial charge is 0.387 e. The summed E-state index contributed by atoms with van der Waals surface area (Å²) in [5, 5.41) is 12.1. The van der Waals surface area contributed by atoms with Crippen LogP contribution in [0.1, 0.15) is 77.0 Å². The van der Waals surface area contributed by atoms with Crippen molar-refractivity contribution in [1.29, 1.82) is 0 Å². The SMILES string of the molecule is O=C(CCC1CCCCC1)N1CCC(O)(Cn2cnc3cc(F)c(Cl)cc3c2=O)C2(CCCC2)C1. The second-order valence-electron chi connectivity index (χ2n) is 11.1. The van der Waals surface area contributed by atoms with Crippen LogP contribution >= 0.6 is 11.6 Å². The molecule has 1 aromatic heterocycles. The number of rotatable bonds is 5. The topological polar surface area (TPSA) is 75.4 Å². The molecule has 3 fully saturated rings. The van der Waals surface area contributed by atoms with Gasteiger partial charge in [0, 0.05) is 31.0 Å². The number of carbonyl (C=O) groups excluding carboxylic acids is 1. The molecule has 3 aliphatic rings. The van der Waals surface area contributed by atoms with Crippen LogP contribution in [0.4, 0.5) is 4.39 Å². The molecule has 1 unspecified atom stereocenters. The van der Waals surface area contributed by atoms with Gasteiger partial charge in [0.2, 0.25) is 5.91 Å². The molecule has 1 N–H and O–H groups in total. The Bertz CT molecular complexity index is 1160. The molecule has 1 amide bonds. The summed E-state index contributed by atoms with van der Waals surface area (Å²) in [6.07, 6.45) is 13.4. The lowest BCUT2D eigenvalue weighted by Crippen LogP contribution is -2.62. The molecular weight excluding hydrogens is 469 g/mol. The van der Waals surface area contributed by atoms with Crippen LogP contribution in [-0.4, -0.2) is 44.2 Å². The maximum atomic E-state index is 13.8. The molecule has 0 bridgehead atoms. The summed E-state index contributed by atoms with van der Waals surface area (Å²) < 4.78 is 15.3. The van der Waals surface area contributed by atoms with Crippen LogP contribution < -0.4 is 5.56 Å². The Morgan fingerprint density at radius 1 is 1.14 bits per heavy atom. The number of fused-ring (bicyclic) bond motifs is 1.